The first-order valence-corrected chi connectivity index (χ1v) is 10.5. The quantitative estimate of drug-likeness (QED) is 0.477. The molecule has 0 bridgehead atoms. The normalized spacial score (nSPS) is 14.8. The SMILES string of the molecule is N=Cc1c(N)ncn(C(C(=O)N2CCN(c3ccccc3)CC2)c2ccccc2)c1=S. The van der Waals surface area contributed by atoms with E-state index in [9.17, 15) is 4.79 Å². The molecule has 1 aromatic heterocycles. The lowest BCUT2D eigenvalue weighted by molar-refractivity contribution is -0.133. The number of carbonyl (C=O) groups excluding carboxylic acids is 1. The van der Waals surface area contributed by atoms with Gasteiger partial charge in [-0.2, -0.15) is 0 Å². The predicted molar refractivity (Wildman–Crippen MR) is 125 cm³/mol. The van der Waals surface area contributed by atoms with E-state index in [2.05, 4.69) is 22.0 Å². The number of nitrogen functional groups attached to an aromatic ring is 1. The van der Waals surface area contributed by atoms with E-state index >= 15 is 0 Å². The maximum absolute atomic E-state index is 13.7. The van der Waals surface area contributed by atoms with Gasteiger partial charge >= 0.3 is 0 Å². The summed E-state index contributed by atoms with van der Waals surface area (Å²) in [5, 5.41) is 7.65. The van der Waals surface area contributed by atoms with Gasteiger partial charge in [-0.25, -0.2) is 4.98 Å². The molecule has 0 aliphatic carbocycles. The number of hydrogen-bond acceptors (Lipinski definition) is 6. The van der Waals surface area contributed by atoms with Crippen LogP contribution in [0, 0.1) is 10.0 Å². The first kappa shape index (κ1) is 20.7. The van der Waals surface area contributed by atoms with E-state index < -0.39 is 6.04 Å². The Labute approximate surface area is 186 Å². The highest BCUT2D eigenvalue weighted by Gasteiger charge is 2.30. The monoisotopic (exact) mass is 432 g/mol. The van der Waals surface area contributed by atoms with E-state index in [0.717, 1.165) is 30.6 Å². The fourth-order valence-electron chi connectivity index (χ4n) is 3.87. The van der Waals surface area contributed by atoms with Crippen LogP contribution in [0.5, 0.6) is 0 Å². The number of aromatic nitrogens is 2. The van der Waals surface area contributed by atoms with Gasteiger partial charge in [0, 0.05) is 38.1 Å². The van der Waals surface area contributed by atoms with Crippen LogP contribution >= 0.6 is 12.2 Å². The predicted octanol–water partition coefficient (Wildman–Crippen LogP) is 3.13. The van der Waals surface area contributed by atoms with Gasteiger partial charge in [-0.3, -0.25) is 4.79 Å². The molecule has 2 heterocycles. The van der Waals surface area contributed by atoms with Crippen molar-refractivity contribution < 1.29 is 4.79 Å². The summed E-state index contributed by atoms with van der Waals surface area (Å²) in [6, 6.07) is 19.1. The van der Waals surface area contributed by atoms with Gasteiger partial charge in [-0.05, 0) is 17.7 Å². The van der Waals surface area contributed by atoms with Crippen LogP contribution < -0.4 is 10.6 Å². The largest absolute Gasteiger partial charge is 0.383 e. The summed E-state index contributed by atoms with van der Waals surface area (Å²) in [5.41, 5.74) is 8.21. The minimum Gasteiger partial charge on any atom is -0.383 e. The zero-order valence-electron chi connectivity index (χ0n) is 17.0. The van der Waals surface area contributed by atoms with Crippen molar-refractivity contribution in [2.75, 3.05) is 36.8 Å². The minimum atomic E-state index is -0.663. The smallest absolute Gasteiger partial charge is 0.250 e. The van der Waals surface area contributed by atoms with Crippen LogP contribution in [0.3, 0.4) is 0 Å². The van der Waals surface area contributed by atoms with E-state index in [1.54, 1.807) is 4.57 Å². The van der Waals surface area contributed by atoms with Gasteiger partial charge in [0.25, 0.3) is 0 Å². The van der Waals surface area contributed by atoms with E-state index in [1.807, 2.05) is 53.4 Å². The van der Waals surface area contributed by atoms with Crippen molar-refractivity contribution in [2.45, 2.75) is 6.04 Å². The lowest BCUT2D eigenvalue weighted by Crippen LogP contribution is -2.51. The summed E-state index contributed by atoms with van der Waals surface area (Å²) in [7, 11) is 0. The number of amides is 1. The number of carbonyl (C=O) groups is 1. The van der Waals surface area contributed by atoms with Crippen molar-refractivity contribution in [3.63, 3.8) is 0 Å². The standard InChI is InChI=1S/C23H24N6OS/c24-15-19-21(25)26-16-29(23(19)31)20(17-7-3-1-4-8-17)22(30)28-13-11-27(12-14-28)18-9-5-2-6-10-18/h1-10,15-16,20,24H,11-14,25H2. The van der Waals surface area contributed by atoms with Crippen LogP contribution in [0.2, 0.25) is 0 Å². The second kappa shape index (κ2) is 9.09. The zero-order chi connectivity index (χ0) is 21.8. The Hall–Kier alpha value is -3.52. The molecule has 3 N–H and O–H groups in total. The number of nitrogens with two attached hydrogens (primary N) is 1. The molecule has 4 rings (SSSR count). The maximum atomic E-state index is 13.7. The van der Waals surface area contributed by atoms with Gasteiger partial charge in [0.15, 0.2) is 0 Å². The van der Waals surface area contributed by atoms with Crippen LogP contribution in [0.25, 0.3) is 0 Å². The second-order valence-electron chi connectivity index (χ2n) is 7.36. The summed E-state index contributed by atoms with van der Waals surface area (Å²) >= 11 is 5.57. The Bertz CT molecular complexity index is 1120. The summed E-state index contributed by atoms with van der Waals surface area (Å²) in [6.07, 6.45) is 2.59. The number of para-hydroxylation sites is 1. The van der Waals surface area contributed by atoms with Gasteiger partial charge in [0.2, 0.25) is 5.91 Å². The third kappa shape index (κ3) is 4.20. The number of nitrogens with zero attached hydrogens (tertiary/aromatic N) is 4. The van der Waals surface area contributed by atoms with E-state index in [0.29, 0.717) is 23.3 Å². The first-order chi connectivity index (χ1) is 15.1. The molecule has 31 heavy (non-hydrogen) atoms. The average Bonchev–Trinajstić information content (AvgIpc) is 2.82. The molecule has 1 aliphatic heterocycles. The van der Waals surface area contributed by atoms with Crippen LogP contribution in [0.4, 0.5) is 11.5 Å². The molecule has 8 heteroatoms. The number of anilines is 2. The topological polar surface area (TPSA) is 91.2 Å². The second-order valence-corrected chi connectivity index (χ2v) is 7.75. The van der Waals surface area contributed by atoms with Crippen molar-refractivity contribution in [3.05, 3.63) is 82.8 Å². The van der Waals surface area contributed by atoms with E-state index in [4.69, 9.17) is 23.4 Å². The van der Waals surface area contributed by atoms with Gasteiger partial charge in [-0.15, -0.1) is 0 Å². The highest BCUT2D eigenvalue weighted by atomic mass is 32.1. The van der Waals surface area contributed by atoms with Crippen LogP contribution in [-0.4, -0.2) is 52.8 Å². The molecule has 1 saturated heterocycles. The van der Waals surface area contributed by atoms with Crippen molar-refractivity contribution in [1.29, 1.82) is 5.41 Å². The van der Waals surface area contributed by atoms with Crippen LogP contribution in [-0.2, 0) is 4.79 Å². The molecule has 7 nitrogen and oxygen atoms in total. The Morgan fingerprint density at radius 3 is 2.26 bits per heavy atom. The number of rotatable bonds is 5. The summed E-state index contributed by atoms with van der Waals surface area (Å²) < 4.78 is 1.97. The molecule has 158 valence electrons. The molecule has 2 aromatic carbocycles. The molecule has 0 saturated carbocycles. The average molecular weight is 433 g/mol. The molecule has 1 aliphatic rings. The van der Waals surface area contributed by atoms with Crippen LogP contribution in [0.15, 0.2) is 67.0 Å². The molecular weight excluding hydrogens is 408 g/mol. The third-order valence-electron chi connectivity index (χ3n) is 5.55. The fourth-order valence-corrected chi connectivity index (χ4v) is 4.18. The summed E-state index contributed by atoms with van der Waals surface area (Å²) in [6.45, 7) is 2.75. The Balaban J connectivity index is 1.64. The summed E-state index contributed by atoms with van der Waals surface area (Å²) in [5.74, 6) is 0.143. The first-order valence-electron chi connectivity index (χ1n) is 10.1. The fraction of sp³-hybridized carbons (Fsp3) is 0.217. The molecule has 1 amide bonds. The molecule has 0 radical (unpaired) electrons. The molecule has 3 aromatic rings. The van der Waals surface area contributed by atoms with Crippen molar-refractivity contribution in [1.82, 2.24) is 14.5 Å². The van der Waals surface area contributed by atoms with Crippen molar-refractivity contribution >= 4 is 35.8 Å². The minimum absolute atomic E-state index is 0.0440. The molecule has 0 spiro atoms. The Morgan fingerprint density at radius 2 is 1.65 bits per heavy atom. The van der Waals surface area contributed by atoms with Gasteiger partial charge in [0.1, 0.15) is 16.5 Å². The zero-order valence-corrected chi connectivity index (χ0v) is 17.8. The molecule has 1 atom stereocenters. The van der Waals surface area contributed by atoms with Gasteiger partial charge in [0.05, 0.1) is 11.9 Å². The van der Waals surface area contributed by atoms with E-state index in [1.165, 1.54) is 6.33 Å². The number of benzene rings is 2. The molecule has 1 fully saturated rings. The number of hydrogen-bond donors (Lipinski definition) is 2. The highest BCUT2D eigenvalue weighted by molar-refractivity contribution is 7.71. The van der Waals surface area contributed by atoms with Gasteiger partial charge in [-0.1, -0.05) is 60.7 Å². The molecule has 1 unspecified atom stereocenters. The Kier molecular flexibility index (Phi) is 6.08. The lowest BCUT2D eigenvalue weighted by atomic mass is 10.0. The number of nitrogens with one attached hydrogen (secondary N) is 1. The van der Waals surface area contributed by atoms with Crippen molar-refractivity contribution in [3.8, 4) is 0 Å². The van der Waals surface area contributed by atoms with Gasteiger partial charge < -0.3 is 25.5 Å². The third-order valence-corrected chi connectivity index (χ3v) is 5.98. The molecular formula is C23H24N6OS. The summed E-state index contributed by atoms with van der Waals surface area (Å²) in [4.78, 5) is 22.0. The highest BCUT2D eigenvalue weighted by Crippen LogP contribution is 2.25. The van der Waals surface area contributed by atoms with Crippen molar-refractivity contribution in [2.24, 2.45) is 0 Å². The Morgan fingerprint density at radius 1 is 1.03 bits per heavy atom. The maximum Gasteiger partial charge on any atom is 0.250 e. The lowest BCUT2D eigenvalue weighted by Gasteiger charge is -2.38. The van der Waals surface area contributed by atoms with Crippen LogP contribution in [0.1, 0.15) is 17.2 Å². The number of piperazine rings is 1. The van der Waals surface area contributed by atoms with E-state index in [-0.39, 0.29) is 11.7 Å².